The molecule has 1 aliphatic rings. The van der Waals surface area contributed by atoms with Gasteiger partial charge in [0.1, 0.15) is 11.7 Å². The Balaban J connectivity index is 1.91. The van der Waals surface area contributed by atoms with Crippen molar-refractivity contribution in [3.8, 4) is 11.3 Å². The molecule has 1 N–H and O–H groups in total. The highest BCUT2D eigenvalue weighted by atomic mass is 16.4. The second-order valence-corrected chi connectivity index (χ2v) is 5.52. The molecule has 1 aliphatic heterocycles. The fourth-order valence-electron chi connectivity index (χ4n) is 3.04. The van der Waals surface area contributed by atoms with Crippen molar-refractivity contribution in [1.29, 1.82) is 0 Å². The Kier molecular flexibility index (Phi) is 3.71. The normalized spacial score (nSPS) is 17.7. The van der Waals surface area contributed by atoms with Crippen LogP contribution in [0, 0.1) is 0 Å². The lowest BCUT2D eigenvalue weighted by Gasteiger charge is -2.21. The highest BCUT2D eigenvalue weighted by molar-refractivity contribution is 5.96. The highest BCUT2D eigenvalue weighted by Crippen LogP contribution is 2.25. The number of aromatic nitrogens is 1. The number of nitrogens with zero attached hydrogens (tertiary/aromatic N) is 2. The predicted octanol–water partition coefficient (Wildman–Crippen LogP) is 2.38. The number of likely N-dealkylation sites (tertiary alicyclic amines) is 1. The fraction of sp³-hybridized carbons (Fsp3) is 0.294. The van der Waals surface area contributed by atoms with Crippen LogP contribution in [0.2, 0.25) is 0 Å². The van der Waals surface area contributed by atoms with Gasteiger partial charge in [0.2, 0.25) is 0 Å². The summed E-state index contributed by atoms with van der Waals surface area (Å²) in [5.74, 6) is -1.14. The molecule has 0 saturated carbocycles. The van der Waals surface area contributed by atoms with Gasteiger partial charge in [0, 0.05) is 19.3 Å². The average Bonchev–Trinajstić information content (AvgIpc) is 3.14. The summed E-state index contributed by atoms with van der Waals surface area (Å²) in [6.07, 6.45) is 1.26. The van der Waals surface area contributed by atoms with Crippen LogP contribution in [0.1, 0.15) is 23.3 Å². The van der Waals surface area contributed by atoms with E-state index in [-0.39, 0.29) is 5.91 Å². The van der Waals surface area contributed by atoms with Crippen LogP contribution in [0.4, 0.5) is 0 Å². The molecule has 5 nitrogen and oxygen atoms in total. The van der Waals surface area contributed by atoms with E-state index in [4.69, 9.17) is 0 Å². The summed E-state index contributed by atoms with van der Waals surface area (Å²) < 4.78 is 1.83. The van der Waals surface area contributed by atoms with Crippen molar-refractivity contribution in [3.63, 3.8) is 0 Å². The summed E-state index contributed by atoms with van der Waals surface area (Å²) >= 11 is 0. The zero-order chi connectivity index (χ0) is 15.7. The van der Waals surface area contributed by atoms with Crippen LogP contribution in [0.15, 0.2) is 42.5 Å². The summed E-state index contributed by atoms with van der Waals surface area (Å²) in [5.41, 5.74) is 2.49. The molecule has 1 amide bonds. The van der Waals surface area contributed by atoms with Gasteiger partial charge in [-0.3, -0.25) is 4.79 Å². The number of carboxylic acids is 1. The molecule has 1 aromatic carbocycles. The molecule has 114 valence electrons. The summed E-state index contributed by atoms with van der Waals surface area (Å²) in [6, 6.07) is 12.8. The molecule has 22 heavy (non-hydrogen) atoms. The molecule has 1 saturated heterocycles. The van der Waals surface area contributed by atoms with Gasteiger partial charge in [-0.15, -0.1) is 0 Å². The first-order valence-electron chi connectivity index (χ1n) is 7.34. The third-order valence-electron chi connectivity index (χ3n) is 4.21. The first-order valence-corrected chi connectivity index (χ1v) is 7.34. The Labute approximate surface area is 128 Å². The van der Waals surface area contributed by atoms with E-state index in [0.29, 0.717) is 18.7 Å². The number of hydrogen-bond acceptors (Lipinski definition) is 2. The van der Waals surface area contributed by atoms with Gasteiger partial charge < -0.3 is 14.6 Å². The highest BCUT2D eigenvalue weighted by Gasteiger charge is 2.35. The Morgan fingerprint density at radius 3 is 2.55 bits per heavy atom. The van der Waals surface area contributed by atoms with Crippen LogP contribution in [0.3, 0.4) is 0 Å². The number of carboxylic acid groups (broad SMARTS) is 1. The van der Waals surface area contributed by atoms with Crippen LogP contribution < -0.4 is 0 Å². The first kappa shape index (κ1) is 14.4. The van der Waals surface area contributed by atoms with E-state index in [1.54, 1.807) is 6.07 Å². The van der Waals surface area contributed by atoms with Crippen molar-refractivity contribution in [2.75, 3.05) is 6.54 Å². The van der Waals surface area contributed by atoms with Crippen molar-refractivity contribution in [2.45, 2.75) is 18.9 Å². The van der Waals surface area contributed by atoms with E-state index >= 15 is 0 Å². The number of amides is 1. The van der Waals surface area contributed by atoms with Gasteiger partial charge in [-0.25, -0.2) is 4.79 Å². The second kappa shape index (κ2) is 5.67. The van der Waals surface area contributed by atoms with Crippen molar-refractivity contribution < 1.29 is 14.7 Å². The summed E-state index contributed by atoms with van der Waals surface area (Å²) in [6.45, 7) is 0.502. The number of carbonyl (C=O) groups excluding carboxylic acids is 1. The van der Waals surface area contributed by atoms with Crippen LogP contribution in [0.25, 0.3) is 11.3 Å². The van der Waals surface area contributed by atoms with Gasteiger partial charge in [-0.2, -0.15) is 0 Å². The first-order chi connectivity index (χ1) is 10.6. The third kappa shape index (κ3) is 2.39. The molecule has 5 heteroatoms. The minimum Gasteiger partial charge on any atom is -0.480 e. The molecular weight excluding hydrogens is 280 g/mol. The van der Waals surface area contributed by atoms with E-state index in [1.807, 2.05) is 48.0 Å². The lowest BCUT2D eigenvalue weighted by molar-refractivity contribution is -0.141. The maximum Gasteiger partial charge on any atom is 0.326 e. The second-order valence-electron chi connectivity index (χ2n) is 5.52. The fourth-order valence-corrected chi connectivity index (χ4v) is 3.04. The van der Waals surface area contributed by atoms with Crippen molar-refractivity contribution >= 4 is 11.9 Å². The summed E-state index contributed by atoms with van der Waals surface area (Å²) in [5, 5.41) is 9.23. The van der Waals surface area contributed by atoms with Crippen LogP contribution >= 0.6 is 0 Å². The Morgan fingerprint density at radius 2 is 1.86 bits per heavy atom. The van der Waals surface area contributed by atoms with Crippen molar-refractivity contribution in [1.82, 2.24) is 9.47 Å². The summed E-state index contributed by atoms with van der Waals surface area (Å²) in [7, 11) is 1.83. The molecule has 2 aromatic rings. The largest absolute Gasteiger partial charge is 0.480 e. The molecule has 1 atom stereocenters. The quantitative estimate of drug-likeness (QED) is 0.946. The van der Waals surface area contributed by atoms with E-state index in [1.165, 1.54) is 4.90 Å². The van der Waals surface area contributed by atoms with Gasteiger partial charge in [-0.1, -0.05) is 30.3 Å². The lowest BCUT2D eigenvalue weighted by Crippen LogP contribution is -2.41. The predicted molar refractivity (Wildman–Crippen MR) is 82.5 cm³/mol. The van der Waals surface area contributed by atoms with Crippen LogP contribution in [-0.2, 0) is 11.8 Å². The maximum atomic E-state index is 12.7. The zero-order valence-electron chi connectivity index (χ0n) is 12.4. The zero-order valence-corrected chi connectivity index (χ0v) is 12.4. The van der Waals surface area contributed by atoms with E-state index in [0.717, 1.165) is 17.7 Å². The number of aliphatic carboxylic acids is 1. The Hall–Kier alpha value is -2.56. The van der Waals surface area contributed by atoms with E-state index in [2.05, 4.69) is 0 Å². The number of rotatable bonds is 3. The SMILES string of the molecule is Cn1c(C(=O)N2CCC[C@@H]2C(=O)O)ccc1-c1ccccc1. The maximum absolute atomic E-state index is 12.7. The Bertz CT molecular complexity index is 706. The molecule has 0 radical (unpaired) electrons. The van der Waals surface area contributed by atoms with Crippen LogP contribution in [-0.4, -0.2) is 39.0 Å². The summed E-state index contributed by atoms with van der Waals surface area (Å²) in [4.78, 5) is 25.4. The molecule has 1 aromatic heterocycles. The van der Waals surface area contributed by atoms with Gasteiger partial charge in [0.15, 0.2) is 0 Å². The van der Waals surface area contributed by atoms with Gasteiger partial charge in [0.25, 0.3) is 5.91 Å². The number of benzene rings is 1. The standard InChI is InChI=1S/C17H18N2O3/c1-18-13(12-6-3-2-4-7-12)9-10-14(18)16(20)19-11-5-8-15(19)17(21)22/h2-4,6-7,9-10,15H,5,8,11H2,1H3,(H,21,22)/t15-/m1/s1. The van der Waals surface area contributed by atoms with Gasteiger partial charge in [-0.05, 0) is 30.5 Å². The minimum absolute atomic E-state index is 0.213. The minimum atomic E-state index is -0.927. The molecule has 0 unspecified atom stereocenters. The van der Waals surface area contributed by atoms with Gasteiger partial charge >= 0.3 is 5.97 Å². The third-order valence-corrected chi connectivity index (χ3v) is 4.21. The van der Waals surface area contributed by atoms with Crippen LogP contribution in [0.5, 0.6) is 0 Å². The van der Waals surface area contributed by atoms with Crippen molar-refractivity contribution in [2.24, 2.45) is 7.05 Å². The lowest BCUT2D eigenvalue weighted by atomic mass is 10.2. The number of hydrogen-bond donors (Lipinski definition) is 1. The van der Waals surface area contributed by atoms with Gasteiger partial charge in [0.05, 0.1) is 0 Å². The molecule has 3 rings (SSSR count). The van der Waals surface area contributed by atoms with E-state index < -0.39 is 12.0 Å². The monoisotopic (exact) mass is 298 g/mol. The molecule has 0 bridgehead atoms. The van der Waals surface area contributed by atoms with E-state index in [9.17, 15) is 14.7 Å². The smallest absolute Gasteiger partial charge is 0.326 e. The van der Waals surface area contributed by atoms with Crippen molar-refractivity contribution in [3.05, 3.63) is 48.2 Å². The molecule has 1 fully saturated rings. The molecule has 0 aliphatic carbocycles. The molecular formula is C17H18N2O3. The topological polar surface area (TPSA) is 62.5 Å². The number of carbonyl (C=O) groups is 2. The average molecular weight is 298 g/mol. The molecule has 0 spiro atoms. The Morgan fingerprint density at radius 1 is 1.14 bits per heavy atom. The molecule has 2 heterocycles.